The summed E-state index contributed by atoms with van der Waals surface area (Å²) in [6.07, 6.45) is 5.55. The van der Waals surface area contributed by atoms with Crippen molar-refractivity contribution in [2.45, 2.75) is 110 Å². The second-order valence-electron chi connectivity index (χ2n) is 11.9. The standard InChI is InChI=1S/C21H29N3O6S.C4H9NO2.C3H6O2.C3H8/c1-13(26)29-10-14(9-25)22-16(27)15-11-31-17(23-15)20-5-7-21(12-20,8-6-20)24-18(28)30-19(2,3)4;1-5-3-4(6)7-2;1-3(4)5-2;1-3-2/h9,11,14H,5-8,10,12H2,1-4H3,(H,22,27)(H,24,28);5H,3H2,1-2H3;1-2H3;3H2,1-2H3. The van der Waals surface area contributed by atoms with Gasteiger partial charge in [-0.2, -0.15) is 0 Å². The average molecular weight is 673 g/mol. The molecular formula is C31H52N4O10S. The van der Waals surface area contributed by atoms with E-state index in [9.17, 15) is 28.8 Å². The summed E-state index contributed by atoms with van der Waals surface area (Å²) >= 11 is 1.42. The fraction of sp³-hybridized carbons (Fsp3) is 0.710. The zero-order valence-corrected chi connectivity index (χ0v) is 29.6. The summed E-state index contributed by atoms with van der Waals surface area (Å²) in [6.45, 7) is 12.4. The van der Waals surface area contributed by atoms with Gasteiger partial charge in [-0.1, -0.05) is 20.3 Å². The normalized spacial score (nSPS) is 19.6. The number of rotatable bonds is 9. The van der Waals surface area contributed by atoms with E-state index in [0.717, 1.165) is 37.1 Å². The fourth-order valence-electron chi connectivity index (χ4n) is 4.59. The minimum Gasteiger partial charge on any atom is -0.469 e. The van der Waals surface area contributed by atoms with Gasteiger partial charge in [-0.25, -0.2) is 9.78 Å². The second-order valence-corrected chi connectivity index (χ2v) is 12.8. The number of ether oxygens (including phenoxy) is 4. The van der Waals surface area contributed by atoms with Gasteiger partial charge in [0.15, 0.2) is 0 Å². The number of carbonyl (C=O) groups excluding carboxylic acids is 6. The summed E-state index contributed by atoms with van der Waals surface area (Å²) in [4.78, 5) is 71.1. The van der Waals surface area contributed by atoms with Crippen molar-refractivity contribution in [1.29, 1.82) is 0 Å². The minimum atomic E-state index is -0.927. The van der Waals surface area contributed by atoms with Gasteiger partial charge in [0.2, 0.25) is 0 Å². The highest BCUT2D eigenvalue weighted by molar-refractivity contribution is 7.10. The monoisotopic (exact) mass is 672 g/mol. The maximum Gasteiger partial charge on any atom is 0.408 e. The van der Waals surface area contributed by atoms with E-state index in [0.29, 0.717) is 6.29 Å². The van der Waals surface area contributed by atoms with Crippen LogP contribution < -0.4 is 16.0 Å². The molecule has 262 valence electrons. The summed E-state index contributed by atoms with van der Waals surface area (Å²) in [5, 5.41) is 10.8. The molecule has 0 aliphatic heterocycles. The van der Waals surface area contributed by atoms with Gasteiger partial charge in [0.1, 0.15) is 30.2 Å². The number of likely N-dealkylation sites (N-methyl/N-ethyl adjacent to an activating group) is 1. The Bertz CT molecular complexity index is 1140. The number of nitrogens with one attached hydrogen (secondary N) is 3. The zero-order valence-electron chi connectivity index (χ0n) is 28.8. The number of hydrogen-bond acceptors (Lipinski definition) is 13. The third kappa shape index (κ3) is 15.6. The Morgan fingerprint density at radius 3 is 2.00 bits per heavy atom. The third-order valence-electron chi connectivity index (χ3n) is 6.58. The number of aromatic nitrogens is 1. The van der Waals surface area contributed by atoms with Gasteiger partial charge in [0.05, 0.1) is 25.8 Å². The Labute approximate surface area is 276 Å². The smallest absolute Gasteiger partial charge is 0.408 e. The van der Waals surface area contributed by atoms with E-state index in [-0.39, 0.29) is 41.7 Å². The summed E-state index contributed by atoms with van der Waals surface area (Å²) in [6, 6.07) is -0.927. The number of thiazole rings is 1. The lowest BCUT2D eigenvalue weighted by molar-refractivity contribution is -0.142. The third-order valence-corrected chi connectivity index (χ3v) is 7.67. The van der Waals surface area contributed by atoms with Crippen molar-refractivity contribution < 1.29 is 47.7 Å². The summed E-state index contributed by atoms with van der Waals surface area (Å²) in [5.41, 5.74) is -0.793. The zero-order chi connectivity index (χ0) is 35.6. The number of methoxy groups -OCH3 is 2. The topological polar surface area (TPSA) is 188 Å². The average Bonchev–Trinajstić information content (AvgIpc) is 3.70. The van der Waals surface area contributed by atoms with Crippen molar-refractivity contribution in [2.75, 3.05) is 34.4 Å². The maximum absolute atomic E-state index is 12.5. The lowest BCUT2D eigenvalue weighted by Gasteiger charge is -2.29. The predicted octanol–water partition coefficient (Wildman–Crippen LogP) is 3.46. The molecule has 46 heavy (non-hydrogen) atoms. The Morgan fingerprint density at radius 1 is 1.02 bits per heavy atom. The molecule has 1 heterocycles. The van der Waals surface area contributed by atoms with Gasteiger partial charge in [-0.15, -0.1) is 11.3 Å². The molecule has 1 aromatic heterocycles. The molecule has 2 aliphatic rings. The van der Waals surface area contributed by atoms with Crippen molar-refractivity contribution in [3.63, 3.8) is 0 Å². The van der Waals surface area contributed by atoms with Crippen molar-refractivity contribution >= 4 is 47.5 Å². The van der Waals surface area contributed by atoms with E-state index < -0.39 is 29.6 Å². The van der Waals surface area contributed by atoms with Crippen molar-refractivity contribution in [1.82, 2.24) is 20.9 Å². The highest BCUT2D eigenvalue weighted by Crippen LogP contribution is 2.58. The fourth-order valence-corrected chi connectivity index (χ4v) is 5.65. The molecule has 14 nitrogen and oxygen atoms in total. The molecule has 1 unspecified atom stereocenters. The first-order valence-electron chi connectivity index (χ1n) is 15.1. The lowest BCUT2D eigenvalue weighted by atomic mass is 9.84. The number of aldehydes is 1. The lowest BCUT2D eigenvalue weighted by Crippen LogP contribution is -2.47. The van der Waals surface area contributed by atoms with Crippen molar-refractivity contribution in [3.05, 3.63) is 16.1 Å². The summed E-state index contributed by atoms with van der Waals surface area (Å²) < 4.78 is 18.6. The minimum absolute atomic E-state index is 0.167. The molecule has 2 saturated carbocycles. The molecule has 3 N–H and O–H groups in total. The largest absolute Gasteiger partial charge is 0.469 e. The van der Waals surface area contributed by atoms with E-state index in [1.165, 1.54) is 45.8 Å². The van der Waals surface area contributed by atoms with Crippen LogP contribution >= 0.6 is 11.3 Å². The molecule has 2 aliphatic carbocycles. The van der Waals surface area contributed by atoms with Gasteiger partial charge in [0, 0.05) is 30.2 Å². The van der Waals surface area contributed by atoms with E-state index in [2.05, 4.69) is 44.3 Å². The first-order valence-corrected chi connectivity index (χ1v) is 16.0. The van der Waals surface area contributed by atoms with Gasteiger partial charge >= 0.3 is 24.0 Å². The van der Waals surface area contributed by atoms with Crippen molar-refractivity contribution in [3.8, 4) is 0 Å². The number of amides is 2. The van der Waals surface area contributed by atoms with Crippen LogP contribution in [-0.2, 0) is 43.5 Å². The SMILES string of the molecule is CC(=O)OCC(C=O)NC(=O)c1csc(C23CCC(NC(=O)OC(C)(C)C)(CC2)C3)n1.CCC.CNCC(=O)OC.COC(C)=O. The van der Waals surface area contributed by atoms with Crippen LogP contribution in [0.3, 0.4) is 0 Å². The van der Waals surface area contributed by atoms with Gasteiger partial charge in [-0.3, -0.25) is 19.2 Å². The predicted molar refractivity (Wildman–Crippen MR) is 173 cm³/mol. The number of hydrogen-bond donors (Lipinski definition) is 3. The van der Waals surface area contributed by atoms with Gasteiger partial charge in [-0.05, 0) is 59.9 Å². The van der Waals surface area contributed by atoms with Crippen LogP contribution in [0.15, 0.2) is 5.38 Å². The molecule has 0 aromatic carbocycles. The number of carbonyl (C=O) groups is 6. The van der Waals surface area contributed by atoms with Gasteiger partial charge in [0.25, 0.3) is 5.91 Å². The summed E-state index contributed by atoms with van der Waals surface area (Å²) in [7, 11) is 4.40. The molecule has 3 rings (SSSR count). The highest BCUT2D eigenvalue weighted by Gasteiger charge is 2.57. The molecular weight excluding hydrogens is 620 g/mol. The van der Waals surface area contributed by atoms with Crippen LogP contribution in [0.4, 0.5) is 4.79 Å². The summed E-state index contributed by atoms with van der Waals surface area (Å²) in [5.74, 6) is -1.49. The molecule has 1 atom stereocenters. The Hall–Kier alpha value is -3.59. The Morgan fingerprint density at radius 2 is 1.59 bits per heavy atom. The molecule has 1 aromatic rings. The van der Waals surface area contributed by atoms with E-state index >= 15 is 0 Å². The first kappa shape index (κ1) is 42.4. The quantitative estimate of drug-likeness (QED) is 0.197. The Kier molecular flexibility index (Phi) is 18.9. The van der Waals surface area contributed by atoms with Crippen LogP contribution in [0, 0.1) is 0 Å². The molecule has 0 spiro atoms. The molecule has 0 radical (unpaired) electrons. The molecule has 2 bridgehead atoms. The highest BCUT2D eigenvalue weighted by atomic mass is 32.1. The first-order chi connectivity index (χ1) is 21.5. The number of nitrogens with zero attached hydrogens (tertiary/aromatic N) is 1. The van der Waals surface area contributed by atoms with Gasteiger partial charge < -0.3 is 39.7 Å². The van der Waals surface area contributed by atoms with Crippen molar-refractivity contribution in [2.24, 2.45) is 0 Å². The maximum atomic E-state index is 12.5. The molecule has 2 fully saturated rings. The second kappa shape index (κ2) is 20.5. The van der Waals surface area contributed by atoms with Crippen LogP contribution in [0.2, 0.25) is 0 Å². The van der Waals surface area contributed by atoms with E-state index in [1.807, 2.05) is 20.8 Å². The van der Waals surface area contributed by atoms with E-state index in [4.69, 9.17) is 9.47 Å². The molecule has 2 amide bonds. The van der Waals surface area contributed by atoms with Crippen LogP contribution in [0.1, 0.15) is 102 Å². The molecule has 0 saturated heterocycles. The number of fused-ring (bicyclic) bond motifs is 2. The van der Waals surface area contributed by atoms with Crippen LogP contribution in [0.5, 0.6) is 0 Å². The molecule has 15 heteroatoms. The van der Waals surface area contributed by atoms with Crippen LogP contribution in [0.25, 0.3) is 0 Å². The Balaban J connectivity index is 0.00000112. The number of alkyl carbamates (subject to hydrolysis) is 1. The van der Waals surface area contributed by atoms with E-state index in [1.54, 1.807) is 12.4 Å². The number of esters is 3. The van der Waals surface area contributed by atoms with Crippen LogP contribution in [-0.4, -0.2) is 92.8 Å².